The van der Waals surface area contributed by atoms with Crippen LogP contribution in [0.2, 0.25) is 0 Å². The van der Waals surface area contributed by atoms with Crippen LogP contribution in [0.25, 0.3) is 0 Å². The molecule has 1 aromatic rings. The fourth-order valence-electron chi connectivity index (χ4n) is 0.801. The molecule has 0 unspecified atom stereocenters. The largest absolute Gasteiger partial charge is 0.497 e. The molecule has 1 rings (SSSR count). The maximum absolute atomic E-state index is 10.2. The van der Waals surface area contributed by atoms with Gasteiger partial charge >= 0.3 is 0 Å². The highest BCUT2D eigenvalue weighted by Crippen LogP contribution is 2.05. The van der Waals surface area contributed by atoms with Crippen LogP contribution in [0.3, 0.4) is 0 Å². The Hall–Kier alpha value is -1.22. The second kappa shape index (κ2) is 9.34. The molecular formula is C11H16ClNO2. The van der Waals surface area contributed by atoms with Gasteiger partial charge in [-0.05, 0) is 19.1 Å². The number of methoxy groups -OCH3 is 1. The van der Waals surface area contributed by atoms with Crippen molar-refractivity contribution < 1.29 is 9.53 Å². The number of carbonyl (C=O) groups excluding carboxylic acids is 1. The molecule has 1 N–H and O–H groups in total. The maximum atomic E-state index is 10.2. The molecule has 0 aliphatic carbocycles. The van der Waals surface area contributed by atoms with E-state index in [1.807, 2.05) is 37.3 Å². The summed E-state index contributed by atoms with van der Waals surface area (Å²) in [5.41, 5.74) is 0. The number of nitrogens with one attached hydrogen (secondary N) is 1. The smallest absolute Gasteiger partial charge is 0.234 e. The summed E-state index contributed by atoms with van der Waals surface area (Å²) >= 11 is 5.12. The highest BCUT2D eigenvalue weighted by molar-refractivity contribution is 6.27. The van der Waals surface area contributed by atoms with Gasteiger partial charge < -0.3 is 10.1 Å². The van der Waals surface area contributed by atoms with E-state index >= 15 is 0 Å². The molecule has 84 valence electrons. The van der Waals surface area contributed by atoms with Crippen molar-refractivity contribution >= 4 is 17.5 Å². The highest BCUT2D eigenvalue weighted by atomic mass is 35.5. The Balaban J connectivity index is 0.000000265. The van der Waals surface area contributed by atoms with Crippen LogP contribution in [0.1, 0.15) is 6.92 Å². The SMILES string of the molecule is CCNC(=O)CCl.COc1ccccc1. The molecule has 1 aromatic carbocycles. The lowest BCUT2D eigenvalue weighted by Crippen LogP contribution is -2.23. The Bertz CT molecular complexity index is 265. The molecule has 0 aliphatic rings. The van der Waals surface area contributed by atoms with Gasteiger partial charge in [0.15, 0.2) is 0 Å². The van der Waals surface area contributed by atoms with Crippen molar-refractivity contribution in [2.75, 3.05) is 19.5 Å². The quantitative estimate of drug-likeness (QED) is 0.806. The van der Waals surface area contributed by atoms with Crippen molar-refractivity contribution in [2.45, 2.75) is 6.92 Å². The zero-order valence-electron chi connectivity index (χ0n) is 9.00. The van der Waals surface area contributed by atoms with Gasteiger partial charge in [-0.3, -0.25) is 4.79 Å². The maximum Gasteiger partial charge on any atom is 0.234 e. The first-order valence-corrected chi connectivity index (χ1v) is 5.19. The highest BCUT2D eigenvalue weighted by Gasteiger charge is 1.90. The van der Waals surface area contributed by atoms with Crippen LogP contribution in [0.15, 0.2) is 30.3 Å². The van der Waals surface area contributed by atoms with Gasteiger partial charge in [-0.15, -0.1) is 11.6 Å². The molecule has 1 amide bonds. The van der Waals surface area contributed by atoms with Crippen LogP contribution in [-0.2, 0) is 4.79 Å². The number of halogens is 1. The van der Waals surface area contributed by atoms with Gasteiger partial charge in [0.05, 0.1) is 7.11 Å². The molecule has 0 saturated carbocycles. The topological polar surface area (TPSA) is 38.3 Å². The number of para-hydroxylation sites is 1. The molecule has 0 radical (unpaired) electrons. The third-order valence-electron chi connectivity index (χ3n) is 1.47. The molecule has 15 heavy (non-hydrogen) atoms. The van der Waals surface area contributed by atoms with E-state index in [1.54, 1.807) is 7.11 Å². The summed E-state index contributed by atoms with van der Waals surface area (Å²) in [7, 11) is 1.66. The van der Waals surface area contributed by atoms with E-state index in [9.17, 15) is 4.79 Å². The zero-order chi connectivity index (χ0) is 11.5. The van der Waals surface area contributed by atoms with E-state index in [1.165, 1.54) is 0 Å². The molecule has 0 atom stereocenters. The van der Waals surface area contributed by atoms with E-state index in [0.717, 1.165) is 5.75 Å². The van der Waals surface area contributed by atoms with Gasteiger partial charge in [-0.25, -0.2) is 0 Å². The molecule has 0 fully saturated rings. The van der Waals surface area contributed by atoms with Gasteiger partial charge in [0.2, 0.25) is 5.91 Å². The number of alkyl halides is 1. The molecule has 3 nitrogen and oxygen atoms in total. The Morgan fingerprint density at radius 1 is 1.40 bits per heavy atom. The fraction of sp³-hybridized carbons (Fsp3) is 0.364. The third kappa shape index (κ3) is 7.82. The summed E-state index contributed by atoms with van der Waals surface area (Å²) < 4.78 is 4.91. The third-order valence-corrected chi connectivity index (χ3v) is 1.72. The van der Waals surface area contributed by atoms with Crippen molar-refractivity contribution in [3.8, 4) is 5.75 Å². The summed E-state index contributed by atoms with van der Waals surface area (Å²) in [6.45, 7) is 2.51. The Morgan fingerprint density at radius 2 is 2.00 bits per heavy atom. The standard InChI is InChI=1S/C7H8O.C4H8ClNO/c1-8-7-5-3-2-4-6-7;1-2-6-4(7)3-5/h2-6H,1H3;2-3H2,1H3,(H,6,7). The summed E-state index contributed by atoms with van der Waals surface area (Å²) in [6, 6.07) is 9.68. The Kier molecular flexibility index (Phi) is 8.58. The molecule has 0 aliphatic heterocycles. The predicted molar refractivity (Wildman–Crippen MR) is 62.4 cm³/mol. The predicted octanol–water partition coefficient (Wildman–Crippen LogP) is 2.06. The van der Waals surface area contributed by atoms with E-state index in [0.29, 0.717) is 6.54 Å². The molecule has 0 bridgehead atoms. The van der Waals surface area contributed by atoms with Gasteiger partial charge in [-0.2, -0.15) is 0 Å². The lowest BCUT2D eigenvalue weighted by molar-refractivity contribution is -0.118. The number of hydrogen-bond acceptors (Lipinski definition) is 2. The average Bonchev–Trinajstić information content (AvgIpc) is 2.31. The number of benzene rings is 1. The number of rotatable bonds is 3. The molecule has 4 heteroatoms. The van der Waals surface area contributed by atoms with E-state index in [2.05, 4.69) is 5.32 Å². The lowest BCUT2D eigenvalue weighted by Gasteiger charge is -1.93. The van der Waals surface area contributed by atoms with Crippen molar-refractivity contribution in [1.82, 2.24) is 5.32 Å². The first kappa shape index (κ1) is 13.8. The van der Waals surface area contributed by atoms with Crippen LogP contribution < -0.4 is 10.1 Å². The first-order valence-electron chi connectivity index (χ1n) is 4.66. The Morgan fingerprint density at radius 3 is 2.27 bits per heavy atom. The molecule has 0 heterocycles. The van der Waals surface area contributed by atoms with Crippen molar-refractivity contribution in [3.05, 3.63) is 30.3 Å². The van der Waals surface area contributed by atoms with Crippen LogP contribution in [0.4, 0.5) is 0 Å². The van der Waals surface area contributed by atoms with Gasteiger partial charge in [-0.1, -0.05) is 18.2 Å². The molecule has 0 spiro atoms. The van der Waals surface area contributed by atoms with Crippen molar-refractivity contribution in [1.29, 1.82) is 0 Å². The lowest BCUT2D eigenvalue weighted by atomic mass is 10.3. The number of hydrogen-bond donors (Lipinski definition) is 1. The van der Waals surface area contributed by atoms with Crippen LogP contribution >= 0.6 is 11.6 Å². The van der Waals surface area contributed by atoms with Crippen molar-refractivity contribution in [3.63, 3.8) is 0 Å². The second-order valence-corrected chi connectivity index (χ2v) is 2.87. The minimum Gasteiger partial charge on any atom is -0.497 e. The number of ether oxygens (including phenoxy) is 1. The summed E-state index contributed by atoms with van der Waals surface area (Å²) in [6.07, 6.45) is 0. The van der Waals surface area contributed by atoms with Crippen LogP contribution in [0.5, 0.6) is 5.75 Å². The zero-order valence-corrected chi connectivity index (χ0v) is 9.75. The van der Waals surface area contributed by atoms with Crippen molar-refractivity contribution in [2.24, 2.45) is 0 Å². The van der Waals surface area contributed by atoms with Crippen LogP contribution in [-0.4, -0.2) is 25.4 Å². The van der Waals surface area contributed by atoms with Gasteiger partial charge in [0.25, 0.3) is 0 Å². The van der Waals surface area contributed by atoms with E-state index in [-0.39, 0.29) is 11.8 Å². The average molecular weight is 230 g/mol. The Labute approximate surface area is 95.4 Å². The second-order valence-electron chi connectivity index (χ2n) is 2.60. The normalized spacial score (nSPS) is 8.47. The van der Waals surface area contributed by atoms with Crippen LogP contribution in [0, 0.1) is 0 Å². The number of amides is 1. The first-order chi connectivity index (χ1) is 7.24. The minimum atomic E-state index is -0.107. The summed E-state index contributed by atoms with van der Waals surface area (Å²) in [4.78, 5) is 10.2. The number of carbonyl (C=O) groups is 1. The monoisotopic (exact) mass is 229 g/mol. The van der Waals surface area contributed by atoms with E-state index in [4.69, 9.17) is 16.3 Å². The molecule has 0 aromatic heterocycles. The minimum absolute atomic E-state index is 0.0633. The van der Waals surface area contributed by atoms with E-state index < -0.39 is 0 Å². The molecule has 0 saturated heterocycles. The molecular weight excluding hydrogens is 214 g/mol. The fourth-order valence-corrected chi connectivity index (χ4v) is 0.895. The van der Waals surface area contributed by atoms with Gasteiger partial charge in [0, 0.05) is 6.54 Å². The summed E-state index contributed by atoms with van der Waals surface area (Å²) in [5.74, 6) is 0.866. The summed E-state index contributed by atoms with van der Waals surface area (Å²) in [5, 5.41) is 2.52. The van der Waals surface area contributed by atoms with Gasteiger partial charge in [0.1, 0.15) is 11.6 Å².